The highest BCUT2D eigenvalue weighted by molar-refractivity contribution is 7.89. The van der Waals surface area contributed by atoms with E-state index < -0.39 is 10.0 Å². The first kappa shape index (κ1) is 15.2. The molecule has 0 saturated carbocycles. The molecule has 0 radical (unpaired) electrons. The highest BCUT2D eigenvalue weighted by Crippen LogP contribution is 2.10. The van der Waals surface area contributed by atoms with Gasteiger partial charge in [0.2, 0.25) is 15.9 Å². The zero-order valence-corrected chi connectivity index (χ0v) is 11.5. The minimum absolute atomic E-state index is 0.170. The molecule has 1 aromatic carbocycles. The maximum atomic E-state index is 11.7. The lowest BCUT2D eigenvalue weighted by Crippen LogP contribution is -2.25. The van der Waals surface area contributed by atoms with Gasteiger partial charge < -0.3 is 5.32 Å². The predicted molar refractivity (Wildman–Crippen MR) is 72.9 cm³/mol. The average molecular weight is 280 g/mol. The minimum atomic E-state index is -3.45. The lowest BCUT2D eigenvalue weighted by molar-refractivity contribution is -0.120. The number of carbonyl (C=O) groups is 1. The number of benzene rings is 1. The fourth-order valence-corrected chi connectivity index (χ4v) is 2.50. The molecule has 1 aromatic rings. The first-order valence-electron chi connectivity index (χ1n) is 5.78. The molecule has 102 valence electrons. The Morgan fingerprint density at radius 1 is 1.32 bits per heavy atom. The highest BCUT2D eigenvalue weighted by atomic mass is 32.2. The molecule has 0 aliphatic heterocycles. The van der Waals surface area contributed by atoms with Crippen molar-refractivity contribution in [1.82, 2.24) is 10.0 Å². The van der Waals surface area contributed by atoms with E-state index in [0.717, 1.165) is 5.56 Å². The summed E-state index contributed by atoms with van der Waals surface area (Å²) in [5.74, 6) is 2.11. The van der Waals surface area contributed by atoms with E-state index in [-0.39, 0.29) is 23.8 Å². The van der Waals surface area contributed by atoms with Gasteiger partial charge in [-0.15, -0.1) is 6.42 Å². The van der Waals surface area contributed by atoms with Gasteiger partial charge in [0.1, 0.15) is 0 Å². The van der Waals surface area contributed by atoms with Crippen LogP contribution in [0, 0.1) is 12.3 Å². The Bertz CT molecular complexity index is 571. The SMILES string of the molecule is C#CCNC(=O)Cc1ccc(S(=O)(=O)NCC)cc1. The zero-order valence-electron chi connectivity index (χ0n) is 10.6. The molecular formula is C13H16N2O3S. The van der Waals surface area contributed by atoms with Gasteiger partial charge in [-0.3, -0.25) is 4.79 Å². The van der Waals surface area contributed by atoms with Gasteiger partial charge in [0.15, 0.2) is 0 Å². The van der Waals surface area contributed by atoms with Crippen molar-refractivity contribution >= 4 is 15.9 Å². The number of carbonyl (C=O) groups excluding carboxylic acids is 1. The highest BCUT2D eigenvalue weighted by Gasteiger charge is 2.12. The van der Waals surface area contributed by atoms with Gasteiger partial charge in [-0.1, -0.05) is 25.0 Å². The van der Waals surface area contributed by atoms with Gasteiger partial charge in [-0.2, -0.15) is 0 Å². The predicted octanol–water partition coefficient (Wildman–Crippen LogP) is 0.277. The van der Waals surface area contributed by atoms with Crippen molar-refractivity contribution in [2.75, 3.05) is 13.1 Å². The van der Waals surface area contributed by atoms with Crippen molar-refractivity contribution in [2.45, 2.75) is 18.2 Å². The van der Waals surface area contributed by atoms with Crippen LogP contribution in [0.5, 0.6) is 0 Å². The smallest absolute Gasteiger partial charge is 0.240 e. The van der Waals surface area contributed by atoms with E-state index in [9.17, 15) is 13.2 Å². The summed E-state index contributed by atoms with van der Waals surface area (Å²) in [7, 11) is -3.45. The molecule has 0 bridgehead atoms. The van der Waals surface area contributed by atoms with Crippen LogP contribution in [0.4, 0.5) is 0 Å². The molecule has 1 amide bonds. The Labute approximate surface area is 113 Å². The van der Waals surface area contributed by atoms with Crippen LogP contribution in [-0.2, 0) is 21.2 Å². The molecule has 0 aliphatic rings. The molecule has 0 atom stereocenters. The van der Waals surface area contributed by atoms with E-state index in [1.165, 1.54) is 12.1 Å². The van der Waals surface area contributed by atoms with Gasteiger partial charge in [-0.05, 0) is 17.7 Å². The second-order valence-corrected chi connectivity index (χ2v) is 5.57. The van der Waals surface area contributed by atoms with Crippen LogP contribution in [0.15, 0.2) is 29.2 Å². The van der Waals surface area contributed by atoms with Gasteiger partial charge in [0.25, 0.3) is 0 Å². The monoisotopic (exact) mass is 280 g/mol. The summed E-state index contributed by atoms with van der Waals surface area (Å²) in [5, 5.41) is 2.54. The fraction of sp³-hybridized carbons (Fsp3) is 0.308. The second kappa shape index (κ2) is 6.92. The van der Waals surface area contributed by atoms with E-state index in [4.69, 9.17) is 6.42 Å². The van der Waals surface area contributed by atoms with Gasteiger partial charge >= 0.3 is 0 Å². The molecule has 0 heterocycles. The van der Waals surface area contributed by atoms with Gasteiger partial charge in [-0.25, -0.2) is 13.1 Å². The summed E-state index contributed by atoms with van der Waals surface area (Å²) < 4.78 is 25.8. The van der Waals surface area contributed by atoms with Crippen LogP contribution < -0.4 is 10.0 Å². The Morgan fingerprint density at radius 3 is 2.47 bits per heavy atom. The molecule has 1 rings (SSSR count). The number of rotatable bonds is 6. The van der Waals surface area contributed by atoms with Crippen LogP contribution in [0.2, 0.25) is 0 Å². The largest absolute Gasteiger partial charge is 0.345 e. The van der Waals surface area contributed by atoms with Crippen molar-refractivity contribution < 1.29 is 13.2 Å². The number of sulfonamides is 1. The molecule has 0 spiro atoms. The summed E-state index contributed by atoms with van der Waals surface area (Å²) in [6, 6.07) is 6.17. The molecule has 0 unspecified atom stereocenters. The van der Waals surface area contributed by atoms with Crippen molar-refractivity contribution in [3.8, 4) is 12.3 Å². The van der Waals surface area contributed by atoms with Gasteiger partial charge in [0, 0.05) is 6.54 Å². The fourth-order valence-electron chi connectivity index (χ4n) is 1.46. The Morgan fingerprint density at radius 2 is 1.95 bits per heavy atom. The summed E-state index contributed by atoms with van der Waals surface area (Å²) >= 11 is 0. The third-order valence-electron chi connectivity index (χ3n) is 2.32. The lowest BCUT2D eigenvalue weighted by Gasteiger charge is -2.06. The Kier molecular flexibility index (Phi) is 5.55. The van der Waals surface area contributed by atoms with Crippen LogP contribution in [0.3, 0.4) is 0 Å². The lowest BCUT2D eigenvalue weighted by atomic mass is 10.1. The van der Waals surface area contributed by atoms with Crippen LogP contribution in [0.25, 0.3) is 0 Å². The molecule has 0 aliphatic carbocycles. The number of terminal acetylenes is 1. The van der Waals surface area contributed by atoms with Crippen molar-refractivity contribution in [3.05, 3.63) is 29.8 Å². The Balaban J connectivity index is 2.72. The van der Waals surface area contributed by atoms with E-state index in [2.05, 4.69) is 16.0 Å². The van der Waals surface area contributed by atoms with Crippen molar-refractivity contribution in [3.63, 3.8) is 0 Å². The van der Waals surface area contributed by atoms with E-state index in [0.29, 0.717) is 6.54 Å². The van der Waals surface area contributed by atoms with Crippen LogP contribution in [-0.4, -0.2) is 27.4 Å². The third kappa shape index (κ3) is 4.73. The zero-order chi connectivity index (χ0) is 14.3. The van der Waals surface area contributed by atoms with E-state index in [1.54, 1.807) is 19.1 Å². The number of amides is 1. The molecule has 19 heavy (non-hydrogen) atoms. The molecule has 0 fully saturated rings. The topological polar surface area (TPSA) is 75.3 Å². The second-order valence-electron chi connectivity index (χ2n) is 3.80. The third-order valence-corrected chi connectivity index (χ3v) is 3.88. The summed E-state index contributed by atoms with van der Waals surface area (Å²) in [6.07, 6.45) is 5.20. The standard InChI is InChI=1S/C13H16N2O3S/c1-3-9-14-13(16)10-11-5-7-12(8-6-11)19(17,18)15-4-2/h1,5-8,15H,4,9-10H2,2H3,(H,14,16). The number of hydrogen-bond acceptors (Lipinski definition) is 3. The summed E-state index contributed by atoms with van der Waals surface area (Å²) in [5.41, 5.74) is 0.727. The number of nitrogens with one attached hydrogen (secondary N) is 2. The van der Waals surface area contributed by atoms with E-state index in [1.807, 2.05) is 0 Å². The van der Waals surface area contributed by atoms with Crippen molar-refractivity contribution in [2.24, 2.45) is 0 Å². The molecular weight excluding hydrogens is 264 g/mol. The molecule has 0 aromatic heterocycles. The molecule has 2 N–H and O–H groups in total. The normalized spacial score (nSPS) is 10.7. The Hall–Kier alpha value is -1.84. The maximum absolute atomic E-state index is 11.7. The summed E-state index contributed by atoms with van der Waals surface area (Å²) in [6.45, 7) is 2.23. The quantitative estimate of drug-likeness (QED) is 0.735. The molecule has 6 heteroatoms. The maximum Gasteiger partial charge on any atom is 0.240 e. The molecule has 0 saturated heterocycles. The minimum Gasteiger partial charge on any atom is -0.345 e. The van der Waals surface area contributed by atoms with Gasteiger partial charge in [0.05, 0.1) is 17.9 Å². The van der Waals surface area contributed by atoms with Crippen LogP contribution >= 0.6 is 0 Å². The first-order valence-corrected chi connectivity index (χ1v) is 7.26. The van der Waals surface area contributed by atoms with Crippen LogP contribution in [0.1, 0.15) is 12.5 Å². The van der Waals surface area contributed by atoms with Crippen molar-refractivity contribution in [1.29, 1.82) is 0 Å². The first-order chi connectivity index (χ1) is 8.99. The average Bonchev–Trinajstić information content (AvgIpc) is 2.37. The summed E-state index contributed by atoms with van der Waals surface area (Å²) in [4.78, 5) is 11.6. The van der Waals surface area contributed by atoms with E-state index >= 15 is 0 Å². The molecule has 5 nitrogen and oxygen atoms in total. The number of hydrogen-bond donors (Lipinski definition) is 2.